The van der Waals surface area contributed by atoms with E-state index in [1.807, 2.05) is 55.5 Å². The number of hydrogen-bond donors (Lipinski definition) is 0. The minimum atomic E-state index is -0.553. The van der Waals surface area contributed by atoms with Crippen molar-refractivity contribution in [1.82, 2.24) is 4.90 Å². The van der Waals surface area contributed by atoms with Crippen molar-refractivity contribution in [2.45, 2.75) is 39.3 Å². The third-order valence-electron chi connectivity index (χ3n) is 6.45. The number of amides is 1. The molecule has 36 heavy (non-hydrogen) atoms. The van der Waals surface area contributed by atoms with Crippen molar-refractivity contribution in [2.24, 2.45) is 0 Å². The molecule has 0 radical (unpaired) electrons. The molecule has 1 amide bonds. The molecule has 4 aromatic rings. The molecule has 1 aliphatic heterocycles. The van der Waals surface area contributed by atoms with Crippen LogP contribution >= 0.6 is 0 Å². The molecule has 0 bridgehead atoms. The van der Waals surface area contributed by atoms with Crippen LogP contribution in [0.5, 0.6) is 11.5 Å². The van der Waals surface area contributed by atoms with Crippen LogP contribution in [0.15, 0.2) is 82.0 Å². The number of hydrogen-bond acceptors (Lipinski definition) is 5. The lowest BCUT2D eigenvalue weighted by Crippen LogP contribution is -2.30. The normalized spacial score (nSPS) is 14.8. The maximum absolute atomic E-state index is 13.6. The van der Waals surface area contributed by atoms with Crippen molar-refractivity contribution in [2.75, 3.05) is 13.2 Å². The third kappa shape index (κ3) is 4.35. The Balaban J connectivity index is 1.58. The van der Waals surface area contributed by atoms with Gasteiger partial charge in [0, 0.05) is 6.54 Å². The fourth-order valence-electron chi connectivity index (χ4n) is 4.69. The van der Waals surface area contributed by atoms with Gasteiger partial charge in [-0.25, -0.2) is 0 Å². The third-order valence-corrected chi connectivity index (χ3v) is 6.45. The lowest BCUT2D eigenvalue weighted by Gasteiger charge is -2.25. The molecule has 6 heteroatoms. The highest BCUT2D eigenvalue weighted by Crippen LogP contribution is 2.41. The summed E-state index contributed by atoms with van der Waals surface area (Å²) < 4.78 is 18.0. The smallest absolute Gasteiger partial charge is 0.290 e. The molecular formula is C30H29NO5. The molecule has 0 aliphatic carbocycles. The van der Waals surface area contributed by atoms with Gasteiger partial charge in [-0.2, -0.15) is 0 Å². The highest BCUT2D eigenvalue weighted by Gasteiger charge is 2.42. The monoisotopic (exact) mass is 483 g/mol. The zero-order valence-corrected chi connectivity index (χ0v) is 20.5. The van der Waals surface area contributed by atoms with Gasteiger partial charge in [0.2, 0.25) is 5.76 Å². The number of unbranched alkanes of at least 4 members (excludes halogenated alkanes) is 1. The number of ether oxygens (including phenoxy) is 2. The van der Waals surface area contributed by atoms with Crippen LogP contribution < -0.4 is 14.9 Å². The van der Waals surface area contributed by atoms with Gasteiger partial charge in [0.05, 0.1) is 23.6 Å². The maximum Gasteiger partial charge on any atom is 0.290 e. The molecule has 0 saturated carbocycles. The average Bonchev–Trinajstić information content (AvgIpc) is 3.19. The lowest BCUT2D eigenvalue weighted by molar-refractivity contribution is 0.0725. The summed E-state index contributed by atoms with van der Waals surface area (Å²) in [6, 6.07) is 22.1. The average molecular weight is 484 g/mol. The molecule has 0 N–H and O–H groups in total. The van der Waals surface area contributed by atoms with E-state index in [0.29, 0.717) is 47.8 Å². The summed E-state index contributed by atoms with van der Waals surface area (Å²) >= 11 is 0. The topological polar surface area (TPSA) is 69.0 Å². The van der Waals surface area contributed by atoms with Gasteiger partial charge in [-0.3, -0.25) is 9.59 Å². The molecule has 3 aromatic carbocycles. The minimum absolute atomic E-state index is 0.127. The second-order valence-electron chi connectivity index (χ2n) is 8.84. The Bertz CT molecular complexity index is 1440. The fourth-order valence-corrected chi connectivity index (χ4v) is 4.69. The van der Waals surface area contributed by atoms with Gasteiger partial charge in [-0.15, -0.1) is 0 Å². The van der Waals surface area contributed by atoms with Crippen LogP contribution in [0.25, 0.3) is 11.0 Å². The first-order valence-corrected chi connectivity index (χ1v) is 12.4. The SMILES string of the molecule is CCCCN1C(=O)c2oc3ccccc3c(=O)c2C1c1ccc(OCc2ccccc2)c(OCC)c1. The number of nitrogens with zero attached hydrogens (tertiary/aromatic N) is 1. The number of fused-ring (bicyclic) bond motifs is 2. The van der Waals surface area contributed by atoms with E-state index in [9.17, 15) is 9.59 Å². The number of para-hydroxylation sites is 1. The molecular weight excluding hydrogens is 454 g/mol. The fraction of sp³-hybridized carbons (Fsp3) is 0.267. The summed E-state index contributed by atoms with van der Waals surface area (Å²) in [7, 11) is 0. The summed E-state index contributed by atoms with van der Waals surface area (Å²) in [4.78, 5) is 28.8. The molecule has 2 heterocycles. The predicted molar refractivity (Wildman–Crippen MR) is 139 cm³/mol. The Hall–Kier alpha value is -4.06. The quantitative estimate of drug-likeness (QED) is 0.287. The summed E-state index contributed by atoms with van der Waals surface area (Å²) in [5, 5.41) is 0.472. The first-order chi connectivity index (χ1) is 17.6. The zero-order valence-electron chi connectivity index (χ0n) is 20.5. The number of rotatable bonds is 9. The summed E-state index contributed by atoms with van der Waals surface area (Å²) in [5.41, 5.74) is 2.47. The van der Waals surface area contributed by atoms with Gasteiger partial charge < -0.3 is 18.8 Å². The second-order valence-corrected chi connectivity index (χ2v) is 8.84. The summed E-state index contributed by atoms with van der Waals surface area (Å²) in [5.74, 6) is 1.06. The Morgan fingerprint density at radius 2 is 1.67 bits per heavy atom. The molecule has 5 rings (SSSR count). The van der Waals surface area contributed by atoms with E-state index in [0.717, 1.165) is 24.0 Å². The van der Waals surface area contributed by atoms with Crippen LogP contribution in [0.4, 0.5) is 0 Å². The van der Waals surface area contributed by atoms with Crippen molar-refractivity contribution < 1.29 is 18.7 Å². The predicted octanol–water partition coefficient (Wildman–Crippen LogP) is 6.12. The van der Waals surface area contributed by atoms with E-state index in [4.69, 9.17) is 13.9 Å². The van der Waals surface area contributed by atoms with Gasteiger partial charge in [-0.1, -0.05) is 61.9 Å². The lowest BCUT2D eigenvalue weighted by atomic mass is 9.98. The molecule has 0 saturated heterocycles. The van der Waals surface area contributed by atoms with E-state index in [1.165, 1.54) is 0 Å². The number of carbonyl (C=O) groups is 1. The summed E-state index contributed by atoms with van der Waals surface area (Å²) in [6.45, 7) is 5.37. The summed E-state index contributed by atoms with van der Waals surface area (Å²) in [6.07, 6.45) is 1.74. The van der Waals surface area contributed by atoms with Gasteiger partial charge in [0.15, 0.2) is 16.9 Å². The standard InChI is InChI=1S/C30H29NO5/c1-3-5-17-31-27(26-28(32)22-13-9-10-14-23(22)36-29(26)30(31)33)21-15-16-24(25(18-21)34-4-2)35-19-20-11-7-6-8-12-20/h6-16,18,27H,3-5,17,19H2,1-2H3. The van der Waals surface area contributed by atoms with Crippen molar-refractivity contribution in [3.05, 3.63) is 105 Å². The Morgan fingerprint density at radius 3 is 2.44 bits per heavy atom. The van der Waals surface area contributed by atoms with Gasteiger partial charge in [0.25, 0.3) is 5.91 Å². The number of benzene rings is 3. The van der Waals surface area contributed by atoms with Crippen molar-refractivity contribution in [3.63, 3.8) is 0 Å². The zero-order chi connectivity index (χ0) is 25.1. The minimum Gasteiger partial charge on any atom is -0.490 e. The number of carbonyl (C=O) groups excluding carboxylic acids is 1. The van der Waals surface area contributed by atoms with E-state index in [-0.39, 0.29) is 17.1 Å². The first kappa shape index (κ1) is 23.7. The van der Waals surface area contributed by atoms with E-state index >= 15 is 0 Å². The Labute approximate surface area is 210 Å². The highest BCUT2D eigenvalue weighted by molar-refractivity contribution is 5.99. The van der Waals surface area contributed by atoms with Crippen LogP contribution in [-0.2, 0) is 6.61 Å². The molecule has 6 nitrogen and oxygen atoms in total. The van der Waals surface area contributed by atoms with Crippen LogP contribution in [-0.4, -0.2) is 24.0 Å². The van der Waals surface area contributed by atoms with Gasteiger partial charge in [0.1, 0.15) is 12.2 Å². The van der Waals surface area contributed by atoms with E-state index in [2.05, 4.69) is 6.92 Å². The van der Waals surface area contributed by atoms with Crippen LogP contribution in [0.1, 0.15) is 60.0 Å². The van der Waals surface area contributed by atoms with Crippen LogP contribution in [0, 0.1) is 0 Å². The van der Waals surface area contributed by atoms with Crippen molar-refractivity contribution in [3.8, 4) is 11.5 Å². The molecule has 0 spiro atoms. The Kier molecular flexibility index (Phi) is 6.76. The van der Waals surface area contributed by atoms with Crippen LogP contribution in [0.3, 0.4) is 0 Å². The molecule has 1 aromatic heterocycles. The van der Waals surface area contributed by atoms with Crippen molar-refractivity contribution >= 4 is 16.9 Å². The molecule has 1 aliphatic rings. The molecule has 1 atom stereocenters. The van der Waals surface area contributed by atoms with Crippen LogP contribution in [0.2, 0.25) is 0 Å². The second kappa shape index (κ2) is 10.3. The molecule has 1 unspecified atom stereocenters. The van der Waals surface area contributed by atoms with Gasteiger partial charge in [-0.05, 0) is 48.7 Å². The molecule has 184 valence electrons. The van der Waals surface area contributed by atoms with E-state index in [1.54, 1.807) is 29.2 Å². The largest absolute Gasteiger partial charge is 0.490 e. The van der Waals surface area contributed by atoms with Crippen molar-refractivity contribution in [1.29, 1.82) is 0 Å². The Morgan fingerprint density at radius 1 is 0.889 bits per heavy atom. The highest BCUT2D eigenvalue weighted by atomic mass is 16.5. The molecule has 0 fully saturated rings. The first-order valence-electron chi connectivity index (χ1n) is 12.4. The maximum atomic E-state index is 13.6. The van der Waals surface area contributed by atoms with Gasteiger partial charge >= 0.3 is 0 Å². The van der Waals surface area contributed by atoms with E-state index < -0.39 is 6.04 Å².